The molecule has 0 aliphatic rings. The van der Waals surface area contributed by atoms with Gasteiger partial charge in [-0.05, 0) is 25.7 Å². The van der Waals surface area contributed by atoms with Crippen LogP contribution in [0.2, 0.25) is 0 Å². The molecule has 0 aromatic rings. The molecular weight excluding hydrogens is 160 g/mol. The molecule has 0 saturated carbocycles. The zero-order valence-corrected chi connectivity index (χ0v) is 9.39. The van der Waals surface area contributed by atoms with Crippen molar-refractivity contribution < 1.29 is 4.79 Å². The van der Waals surface area contributed by atoms with Crippen molar-refractivity contribution in [2.75, 3.05) is 0 Å². The molecule has 0 N–H and O–H groups in total. The SMILES string of the molecule is C=C(CC(C)CC)CC(C)C(C)=O. The number of hydrogen-bond acceptors (Lipinski definition) is 1. The van der Waals surface area contributed by atoms with Gasteiger partial charge in [-0.2, -0.15) is 0 Å². The summed E-state index contributed by atoms with van der Waals surface area (Å²) < 4.78 is 0. The molecule has 2 unspecified atom stereocenters. The Morgan fingerprint density at radius 2 is 1.85 bits per heavy atom. The second kappa shape index (κ2) is 5.95. The summed E-state index contributed by atoms with van der Waals surface area (Å²) in [5.41, 5.74) is 1.22. The van der Waals surface area contributed by atoms with Crippen molar-refractivity contribution in [2.45, 2.75) is 47.0 Å². The second-order valence-corrected chi connectivity index (χ2v) is 4.18. The molecule has 0 radical (unpaired) electrons. The molecule has 0 rings (SSSR count). The summed E-state index contributed by atoms with van der Waals surface area (Å²) in [6.07, 6.45) is 3.11. The molecule has 0 saturated heterocycles. The summed E-state index contributed by atoms with van der Waals surface area (Å²) in [7, 11) is 0. The summed E-state index contributed by atoms with van der Waals surface area (Å²) >= 11 is 0. The molecule has 13 heavy (non-hydrogen) atoms. The number of hydrogen-bond donors (Lipinski definition) is 0. The van der Waals surface area contributed by atoms with Crippen LogP contribution in [0.25, 0.3) is 0 Å². The molecule has 1 nitrogen and oxygen atoms in total. The number of carbonyl (C=O) groups excluding carboxylic acids is 1. The van der Waals surface area contributed by atoms with E-state index in [1.54, 1.807) is 6.92 Å². The van der Waals surface area contributed by atoms with Gasteiger partial charge in [-0.25, -0.2) is 0 Å². The topological polar surface area (TPSA) is 17.1 Å². The van der Waals surface area contributed by atoms with Gasteiger partial charge in [0.05, 0.1) is 0 Å². The Kier molecular flexibility index (Phi) is 5.68. The van der Waals surface area contributed by atoms with E-state index in [-0.39, 0.29) is 11.7 Å². The van der Waals surface area contributed by atoms with Gasteiger partial charge >= 0.3 is 0 Å². The van der Waals surface area contributed by atoms with Crippen molar-refractivity contribution in [2.24, 2.45) is 11.8 Å². The highest BCUT2D eigenvalue weighted by molar-refractivity contribution is 5.78. The van der Waals surface area contributed by atoms with Gasteiger partial charge in [0, 0.05) is 5.92 Å². The van der Waals surface area contributed by atoms with Gasteiger partial charge in [-0.1, -0.05) is 39.3 Å². The third-order valence-electron chi connectivity index (χ3n) is 2.62. The summed E-state index contributed by atoms with van der Waals surface area (Å²) in [6.45, 7) is 12.1. The molecule has 0 aliphatic heterocycles. The van der Waals surface area contributed by atoms with E-state index in [4.69, 9.17) is 0 Å². The van der Waals surface area contributed by atoms with E-state index in [0.29, 0.717) is 5.92 Å². The Hall–Kier alpha value is -0.590. The highest BCUT2D eigenvalue weighted by Crippen LogP contribution is 2.19. The number of carbonyl (C=O) groups is 1. The standard InChI is InChI=1S/C12H22O/c1-6-9(2)7-10(3)8-11(4)12(5)13/h9,11H,3,6-8H2,1-2,4-5H3. The molecule has 76 valence electrons. The van der Waals surface area contributed by atoms with Crippen LogP contribution in [0.4, 0.5) is 0 Å². The maximum Gasteiger partial charge on any atom is 0.132 e. The molecule has 1 heteroatoms. The van der Waals surface area contributed by atoms with Gasteiger partial charge in [-0.15, -0.1) is 0 Å². The molecule has 0 aliphatic carbocycles. The normalized spacial score (nSPS) is 15.1. The maximum absolute atomic E-state index is 11.0. The largest absolute Gasteiger partial charge is 0.300 e. The fourth-order valence-electron chi connectivity index (χ4n) is 1.30. The van der Waals surface area contributed by atoms with Crippen LogP contribution < -0.4 is 0 Å². The van der Waals surface area contributed by atoms with Gasteiger partial charge < -0.3 is 0 Å². The molecule has 0 spiro atoms. The van der Waals surface area contributed by atoms with E-state index in [2.05, 4.69) is 20.4 Å². The van der Waals surface area contributed by atoms with E-state index in [0.717, 1.165) is 12.8 Å². The predicted octanol–water partition coefficient (Wildman–Crippen LogP) is 3.59. The van der Waals surface area contributed by atoms with Crippen molar-refractivity contribution in [1.82, 2.24) is 0 Å². The molecule has 0 heterocycles. The van der Waals surface area contributed by atoms with Gasteiger partial charge in [0.25, 0.3) is 0 Å². The van der Waals surface area contributed by atoms with Crippen LogP contribution in [0.5, 0.6) is 0 Å². The minimum Gasteiger partial charge on any atom is -0.300 e. The minimum absolute atomic E-state index is 0.150. The van der Waals surface area contributed by atoms with Crippen LogP contribution in [0, 0.1) is 11.8 Å². The first-order chi connectivity index (χ1) is 5.97. The lowest BCUT2D eigenvalue weighted by Gasteiger charge is -2.13. The molecule has 0 aromatic carbocycles. The summed E-state index contributed by atoms with van der Waals surface area (Å²) in [5.74, 6) is 1.12. The zero-order chi connectivity index (χ0) is 10.4. The summed E-state index contributed by atoms with van der Waals surface area (Å²) in [4.78, 5) is 11.0. The number of ketones is 1. The van der Waals surface area contributed by atoms with E-state index in [1.807, 2.05) is 6.92 Å². The second-order valence-electron chi connectivity index (χ2n) is 4.18. The summed E-state index contributed by atoms with van der Waals surface area (Å²) in [6, 6.07) is 0. The minimum atomic E-state index is 0.150. The van der Waals surface area contributed by atoms with Crippen molar-refractivity contribution in [3.05, 3.63) is 12.2 Å². The Labute approximate surface area is 82.2 Å². The third-order valence-corrected chi connectivity index (χ3v) is 2.62. The molecule has 0 bridgehead atoms. The first-order valence-electron chi connectivity index (χ1n) is 5.14. The van der Waals surface area contributed by atoms with Crippen LogP contribution in [0.15, 0.2) is 12.2 Å². The van der Waals surface area contributed by atoms with E-state index in [9.17, 15) is 4.79 Å². The van der Waals surface area contributed by atoms with Crippen LogP contribution in [-0.4, -0.2) is 5.78 Å². The lowest BCUT2D eigenvalue weighted by Crippen LogP contribution is -2.08. The Balaban J connectivity index is 3.81. The molecule has 2 atom stereocenters. The van der Waals surface area contributed by atoms with Crippen LogP contribution in [0.3, 0.4) is 0 Å². The van der Waals surface area contributed by atoms with Gasteiger partial charge in [0.15, 0.2) is 0 Å². The lowest BCUT2D eigenvalue weighted by atomic mass is 9.92. The van der Waals surface area contributed by atoms with E-state index < -0.39 is 0 Å². The fraction of sp³-hybridized carbons (Fsp3) is 0.750. The van der Waals surface area contributed by atoms with Crippen LogP contribution in [0.1, 0.15) is 47.0 Å². The lowest BCUT2D eigenvalue weighted by molar-refractivity contribution is -0.120. The number of allylic oxidation sites excluding steroid dienone is 1. The highest BCUT2D eigenvalue weighted by atomic mass is 16.1. The third kappa shape index (κ3) is 5.62. The van der Waals surface area contributed by atoms with Gasteiger partial charge in [0.2, 0.25) is 0 Å². The van der Waals surface area contributed by atoms with E-state index >= 15 is 0 Å². The average Bonchev–Trinajstić information content (AvgIpc) is 2.03. The highest BCUT2D eigenvalue weighted by Gasteiger charge is 2.10. The Bertz CT molecular complexity index is 182. The molecule has 0 aromatic heterocycles. The first-order valence-corrected chi connectivity index (χ1v) is 5.14. The van der Waals surface area contributed by atoms with Crippen molar-refractivity contribution in [3.8, 4) is 0 Å². The number of Topliss-reactive ketones (excluding diaryl/α,β-unsaturated/α-hetero) is 1. The Morgan fingerprint density at radius 3 is 2.23 bits per heavy atom. The molecular formula is C12H22O. The van der Waals surface area contributed by atoms with Crippen molar-refractivity contribution in [1.29, 1.82) is 0 Å². The average molecular weight is 182 g/mol. The molecule has 0 amide bonds. The van der Waals surface area contributed by atoms with Crippen LogP contribution in [-0.2, 0) is 4.79 Å². The number of rotatable bonds is 6. The predicted molar refractivity (Wildman–Crippen MR) is 57.7 cm³/mol. The van der Waals surface area contributed by atoms with Crippen molar-refractivity contribution >= 4 is 5.78 Å². The summed E-state index contributed by atoms with van der Waals surface area (Å²) in [5, 5.41) is 0. The Morgan fingerprint density at radius 1 is 1.31 bits per heavy atom. The quantitative estimate of drug-likeness (QED) is 0.574. The van der Waals surface area contributed by atoms with Crippen molar-refractivity contribution in [3.63, 3.8) is 0 Å². The maximum atomic E-state index is 11.0. The van der Waals surface area contributed by atoms with Gasteiger partial charge in [-0.3, -0.25) is 4.79 Å². The van der Waals surface area contributed by atoms with E-state index in [1.165, 1.54) is 12.0 Å². The molecule has 0 fully saturated rings. The van der Waals surface area contributed by atoms with Crippen LogP contribution >= 0.6 is 0 Å². The van der Waals surface area contributed by atoms with Gasteiger partial charge in [0.1, 0.15) is 5.78 Å². The zero-order valence-electron chi connectivity index (χ0n) is 9.39. The first kappa shape index (κ1) is 12.4. The smallest absolute Gasteiger partial charge is 0.132 e. The fourth-order valence-corrected chi connectivity index (χ4v) is 1.30. The monoisotopic (exact) mass is 182 g/mol.